The number of rotatable bonds is 6. The van der Waals surface area contributed by atoms with Crippen LogP contribution in [-0.2, 0) is 11.3 Å². The Bertz CT molecular complexity index is 746. The first-order valence-electron chi connectivity index (χ1n) is 8.81. The number of carbonyl (C=O) groups excluding carboxylic acids is 2. The lowest BCUT2D eigenvalue weighted by molar-refractivity contribution is 0.0526. The number of ketones is 1. The molecule has 0 aromatic heterocycles. The molecule has 4 nitrogen and oxygen atoms in total. The Morgan fingerprint density at radius 3 is 2.28 bits per heavy atom. The maximum Gasteiger partial charge on any atom is 0.338 e. The Labute approximate surface area is 148 Å². The zero-order chi connectivity index (χ0) is 17.6. The number of esters is 1. The largest absolute Gasteiger partial charge is 0.462 e. The van der Waals surface area contributed by atoms with Crippen molar-refractivity contribution in [1.82, 2.24) is 4.90 Å². The Hall–Kier alpha value is -2.46. The molecule has 1 heterocycles. The molecule has 0 saturated carbocycles. The average molecular weight is 337 g/mol. The van der Waals surface area contributed by atoms with E-state index in [1.165, 1.54) is 12.8 Å². The van der Waals surface area contributed by atoms with Gasteiger partial charge in [0.05, 0.1) is 12.2 Å². The molecule has 0 aliphatic carbocycles. The highest BCUT2D eigenvalue weighted by atomic mass is 16.5. The number of carbonyl (C=O) groups is 2. The van der Waals surface area contributed by atoms with Crippen LogP contribution in [0.15, 0.2) is 48.5 Å². The summed E-state index contributed by atoms with van der Waals surface area (Å²) in [4.78, 5) is 27.0. The number of hydrogen-bond donors (Lipinski definition) is 0. The van der Waals surface area contributed by atoms with Crippen LogP contribution >= 0.6 is 0 Å². The topological polar surface area (TPSA) is 46.6 Å². The fourth-order valence-corrected chi connectivity index (χ4v) is 3.19. The van der Waals surface area contributed by atoms with Gasteiger partial charge in [0, 0.05) is 17.7 Å². The molecule has 2 aromatic carbocycles. The molecular formula is C21H23NO3. The van der Waals surface area contributed by atoms with Crippen LogP contribution in [0.4, 0.5) is 0 Å². The van der Waals surface area contributed by atoms with Gasteiger partial charge in [-0.15, -0.1) is 0 Å². The van der Waals surface area contributed by atoms with Crippen molar-refractivity contribution in [3.8, 4) is 0 Å². The average Bonchev–Trinajstić information content (AvgIpc) is 3.15. The minimum absolute atomic E-state index is 0.00907. The first kappa shape index (κ1) is 17.4. The number of hydrogen-bond acceptors (Lipinski definition) is 4. The van der Waals surface area contributed by atoms with Gasteiger partial charge >= 0.3 is 5.97 Å². The SMILES string of the molecule is CCOC(=O)c1ccc(C(=O)c2ccccc2CN2CCCC2)cc1. The summed E-state index contributed by atoms with van der Waals surface area (Å²) in [6, 6.07) is 14.5. The second kappa shape index (κ2) is 8.08. The molecule has 0 spiro atoms. The van der Waals surface area contributed by atoms with Crippen molar-refractivity contribution in [2.75, 3.05) is 19.7 Å². The predicted octanol–water partition coefficient (Wildman–Crippen LogP) is 3.69. The van der Waals surface area contributed by atoms with E-state index in [1.54, 1.807) is 31.2 Å². The quantitative estimate of drug-likeness (QED) is 0.596. The maximum absolute atomic E-state index is 12.9. The number of nitrogens with zero attached hydrogens (tertiary/aromatic N) is 1. The highest BCUT2D eigenvalue weighted by Gasteiger charge is 2.18. The van der Waals surface area contributed by atoms with Crippen molar-refractivity contribution < 1.29 is 14.3 Å². The summed E-state index contributed by atoms with van der Waals surface area (Å²) in [5, 5.41) is 0. The van der Waals surface area contributed by atoms with Crippen LogP contribution in [0.2, 0.25) is 0 Å². The summed E-state index contributed by atoms with van der Waals surface area (Å²) < 4.78 is 4.98. The summed E-state index contributed by atoms with van der Waals surface area (Å²) in [5.74, 6) is -0.374. The predicted molar refractivity (Wildman–Crippen MR) is 96.8 cm³/mol. The lowest BCUT2D eigenvalue weighted by Gasteiger charge is -2.17. The fourth-order valence-electron chi connectivity index (χ4n) is 3.19. The molecule has 0 atom stereocenters. The number of likely N-dealkylation sites (tertiary alicyclic amines) is 1. The van der Waals surface area contributed by atoms with Crippen LogP contribution in [0.5, 0.6) is 0 Å². The van der Waals surface area contributed by atoms with Crippen molar-refractivity contribution in [2.24, 2.45) is 0 Å². The monoisotopic (exact) mass is 337 g/mol. The van der Waals surface area contributed by atoms with Gasteiger partial charge in [0.15, 0.2) is 5.78 Å². The molecule has 1 aliphatic heterocycles. The van der Waals surface area contributed by atoms with E-state index in [0.29, 0.717) is 17.7 Å². The van der Waals surface area contributed by atoms with Gasteiger partial charge in [-0.25, -0.2) is 4.79 Å². The molecule has 0 radical (unpaired) electrons. The van der Waals surface area contributed by atoms with E-state index in [4.69, 9.17) is 4.74 Å². The first-order valence-corrected chi connectivity index (χ1v) is 8.81. The molecule has 1 fully saturated rings. The lowest BCUT2D eigenvalue weighted by atomic mass is 9.97. The van der Waals surface area contributed by atoms with Crippen LogP contribution in [-0.4, -0.2) is 36.3 Å². The highest BCUT2D eigenvalue weighted by Crippen LogP contribution is 2.19. The smallest absolute Gasteiger partial charge is 0.338 e. The fraction of sp³-hybridized carbons (Fsp3) is 0.333. The number of ether oxygens (including phenoxy) is 1. The van der Waals surface area contributed by atoms with E-state index >= 15 is 0 Å². The second-order valence-corrected chi connectivity index (χ2v) is 6.27. The molecule has 3 rings (SSSR count). The third kappa shape index (κ3) is 4.15. The van der Waals surface area contributed by atoms with Crippen molar-refractivity contribution in [3.63, 3.8) is 0 Å². The Kier molecular flexibility index (Phi) is 5.61. The van der Waals surface area contributed by atoms with Gasteiger partial charge in [-0.05, 0) is 50.6 Å². The molecule has 2 aromatic rings. The van der Waals surface area contributed by atoms with Crippen molar-refractivity contribution in [2.45, 2.75) is 26.3 Å². The molecule has 4 heteroatoms. The van der Waals surface area contributed by atoms with Crippen molar-refractivity contribution >= 4 is 11.8 Å². The first-order chi connectivity index (χ1) is 12.2. The van der Waals surface area contributed by atoms with Crippen molar-refractivity contribution in [3.05, 3.63) is 70.8 Å². The van der Waals surface area contributed by atoms with Crippen molar-refractivity contribution in [1.29, 1.82) is 0 Å². The highest BCUT2D eigenvalue weighted by molar-refractivity contribution is 6.10. The molecule has 0 N–H and O–H groups in total. The van der Waals surface area contributed by atoms with Gasteiger partial charge < -0.3 is 4.74 Å². The van der Waals surface area contributed by atoms with E-state index in [-0.39, 0.29) is 11.8 Å². The third-order valence-electron chi connectivity index (χ3n) is 4.51. The Morgan fingerprint density at radius 1 is 0.960 bits per heavy atom. The molecular weight excluding hydrogens is 314 g/mol. The van der Waals surface area contributed by atoms with E-state index in [9.17, 15) is 9.59 Å². The molecule has 0 amide bonds. The molecule has 1 saturated heterocycles. The van der Waals surface area contributed by atoms with E-state index in [2.05, 4.69) is 4.90 Å². The molecule has 1 aliphatic rings. The molecule has 25 heavy (non-hydrogen) atoms. The Balaban J connectivity index is 1.79. The van der Waals surface area contributed by atoms with E-state index < -0.39 is 0 Å². The normalized spacial score (nSPS) is 14.4. The minimum atomic E-state index is -0.365. The van der Waals surface area contributed by atoms with Crippen LogP contribution in [0.25, 0.3) is 0 Å². The van der Waals surface area contributed by atoms with Gasteiger partial charge in [0.1, 0.15) is 0 Å². The van der Waals surface area contributed by atoms with E-state index in [1.807, 2.05) is 24.3 Å². The van der Waals surface area contributed by atoms with E-state index in [0.717, 1.165) is 30.8 Å². The number of benzene rings is 2. The second-order valence-electron chi connectivity index (χ2n) is 6.27. The summed E-state index contributed by atoms with van der Waals surface area (Å²) in [7, 11) is 0. The minimum Gasteiger partial charge on any atom is -0.462 e. The summed E-state index contributed by atoms with van der Waals surface area (Å²) >= 11 is 0. The van der Waals surface area contributed by atoms with Crippen LogP contribution in [0.3, 0.4) is 0 Å². The van der Waals surface area contributed by atoms with Gasteiger partial charge in [-0.2, -0.15) is 0 Å². The van der Waals surface area contributed by atoms with Crippen LogP contribution < -0.4 is 0 Å². The standard InChI is InChI=1S/C21H23NO3/c1-2-25-21(24)17-11-9-16(10-12-17)20(23)19-8-4-3-7-18(19)15-22-13-5-6-14-22/h3-4,7-12H,2,5-6,13-15H2,1H3. The van der Waals surface area contributed by atoms with Gasteiger partial charge in [-0.1, -0.05) is 36.4 Å². The Morgan fingerprint density at radius 2 is 1.60 bits per heavy atom. The van der Waals surface area contributed by atoms with Gasteiger partial charge in [0.25, 0.3) is 0 Å². The lowest BCUT2D eigenvalue weighted by Crippen LogP contribution is -2.20. The molecule has 0 bridgehead atoms. The van der Waals surface area contributed by atoms with Crippen LogP contribution in [0.1, 0.15) is 51.6 Å². The van der Waals surface area contributed by atoms with Crippen LogP contribution in [0, 0.1) is 0 Å². The zero-order valence-electron chi connectivity index (χ0n) is 14.5. The molecule has 130 valence electrons. The van der Waals surface area contributed by atoms with Gasteiger partial charge in [0.2, 0.25) is 0 Å². The summed E-state index contributed by atoms with van der Waals surface area (Å²) in [6.45, 7) is 5.10. The summed E-state index contributed by atoms with van der Waals surface area (Å²) in [5.41, 5.74) is 2.84. The summed E-state index contributed by atoms with van der Waals surface area (Å²) in [6.07, 6.45) is 2.46. The maximum atomic E-state index is 12.9. The molecule has 0 unspecified atom stereocenters. The third-order valence-corrected chi connectivity index (χ3v) is 4.51. The van der Waals surface area contributed by atoms with Gasteiger partial charge in [-0.3, -0.25) is 9.69 Å². The zero-order valence-corrected chi connectivity index (χ0v) is 14.5.